The maximum Gasteiger partial charge on any atom is 0.384 e. The Labute approximate surface area is 168 Å². The third kappa shape index (κ3) is 6.84. The summed E-state index contributed by atoms with van der Waals surface area (Å²) in [4.78, 5) is 13.8. The second-order valence-corrected chi connectivity index (χ2v) is 7.05. The molecule has 2 atom stereocenters. The maximum absolute atomic E-state index is 11.6. The van der Waals surface area contributed by atoms with Crippen molar-refractivity contribution in [3.05, 3.63) is 71.8 Å². The summed E-state index contributed by atoms with van der Waals surface area (Å²) >= 11 is 0. The second kappa shape index (κ2) is 11.3. The van der Waals surface area contributed by atoms with E-state index in [1.807, 2.05) is 36.4 Å². The SMILES string of the molecule is CCOC(=O)C#C[C@@H](O)[C@H](C(C)C)N(Cc1ccccc1)Cc1ccccc1. The minimum Gasteiger partial charge on any atom is -0.456 e. The number of ether oxygens (including phenoxy) is 1. The highest BCUT2D eigenvalue weighted by Gasteiger charge is 2.28. The summed E-state index contributed by atoms with van der Waals surface area (Å²) in [6.45, 7) is 7.47. The molecule has 0 unspecified atom stereocenters. The predicted molar refractivity (Wildman–Crippen MR) is 111 cm³/mol. The van der Waals surface area contributed by atoms with E-state index in [9.17, 15) is 9.90 Å². The smallest absolute Gasteiger partial charge is 0.384 e. The van der Waals surface area contributed by atoms with Gasteiger partial charge in [-0.3, -0.25) is 4.90 Å². The minimum atomic E-state index is -0.961. The fraction of sp³-hybridized carbons (Fsp3) is 0.375. The van der Waals surface area contributed by atoms with E-state index < -0.39 is 12.1 Å². The van der Waals surface area contributed by atoms with Crippen molar-refractivity contribution in [3.8, 4) is 11.8 Å². The van der Waals surface area contributed by atoms with Gasteiger partial charge in [0.1, 0.15) is 6.10 Å². The van der Waals surface area contributed by atoms with Gasteiger partial charge in [-0.15, -0.1) is 0 Å². The molecule has 0 radical (unpaired) electrons. The molecule has 2 aromatic rings. The van der Waals surface area contributed by atoms with Crippen molar-refractivity contribution in [1.29, 1.82) is 0 Å². The van der Waals surface area contributed by atoms with Crippen LogP contribution in [0.15, 0.2) is 60.7 Å². The zero-order valence-electron chi connectivity index (χ0n) is 16.8. The minimum absolute atomic E-state index is 0.138. The van der Waals surface area contributed by atoms with Gasteiger partial charge in [0, 0.05) is 25.1 Å². The first-order valence-electron chi connectivity index (χ1n) is 9.69. The molecule has 1 N–H and O–H groups in total. The van der Waals surface area contributed by atoms with Gasteiger partial charge in [-0.25, -0.2) is 4.79 Å². The Morgan fingerprint density at radius 1 is 1.00 bits per heavy atom. The summed E-state index contributed by atoms with van der Waals surface area (Å²) in [6, 6.07) is 20.1. The van der Waals surface area contributed by atoms with E-state index >= 15 is 0 Å². The number of benzene rings is 2. The van der Waals surface area contributed by atoms with Crippen LogP contribution in [0.2, 0.25) is 0 Å². The summed E-state index contributed by atoms with van der Waals surface area (Å²) in [5.74, 6) is 4.63. The van der Waals surface area contributed by atoms with Gasteiger partial charge in [-0.1, -0.05) is 80.4 Å². The molecule has 0 aliphatic carbocycles. The van der Waals surface area contributed by atoms with E-state index in [0.717, 1.165) is 11.1 Å². The zero-order valence-corrected chi connectivity index (χ0v) is 16.8. The first-order valence-corrected chi connectivity index (χ1v) is 9.69. The van der Waals surface area contributed by atoms with Gasteiger partial charge in [0.2, 0.25) is 0 Å². The lowest BCUT2D eigenvalue weighted by molar-refractivity contribution is -0.136. The third-order valence-electron chi connectivity index (χ3n) is 4.48. The maximum atomic E-state index is 11.6. The molecule has 28 heavy (non-hydrogen) atoms. The molecular weight excluding hydrogens is 350 g/mol. The topological polar surface area (TPSA) is 49.8 Å². The molecule has 0 aliphatic rings. The molecule has 0 amide bonds. The van der Waals surface area contributed by atoms with Gasteiger partial charge in [0.05, 0.1) is 6.61 Å². The summed E-state index contributed by atoms with van der Waals surface area (Å²) in [7, 11) is 0. The summed E-state index contributed by atoms with van der Waals surface area (Å²) in [5.41, 5.74) is 2.32. The molecule has 148 valence electrons. The number of aliphatic hydroxyl groups excluding tert-OH is 1. The van der Waals surface area contributed by atoms with E-state index in [0.29, 0.717) is 13.1 Å². The number of hydrogen-bond acceptors (Lipinski definition) is 4. The van der Waals surface area contributed by atoms with Crippen LogP contribution in [0, 0.1) is 17.8 Å². The lowest BCUT2D eigenvalue weighted by Gasteiger charge is -2.36. The van der Waals surface area contributed by atoms with E-state index in [1.165, 1.54) is 0 Å². The van der Waals surface area contributed by atoms with Crippen LogP contribution in [-0.2, 0) is 22.6 Å². The van der Waals surface area contributed by atoms with Crippen LogP contribution in [0.5, 0.6) is 0 Å². The molecule has 0 saturated carbocycles. The Balaban J connectivity index is 2.28. The molecule has 0 aliphatic heterocycles. The average Bonchev–Trinajstić information content (AvgIpc) is 2.68. The fourth-order valence-electron chi connectivity index (χ4n) is 3.27. The average molecular weight is 380 g/mol. The van der Waals surface area contributed by atoms with Crippen molar-refractivity contribution >= 4 is 5.97 Å². The number of rotatable bonds is 8. The van der Waals surface area contributed by atoms with Crippen molar-refractivity contribution in [2.45, 2.75) is 46.0 Å². The van der Waals surface area contributed by atoms with Gasteiger partial charge in [0.25, 0.3) is 0 Å². The van der Waals surface area contributed by atoms with Gasteiger partial charge in [0.15, 0.2) is 0 Å². The zero-order chi connectivity index (χ0) is 20.4. The summed E-state index contributed by atoms with van der Waals surface area (Å²) in [5, 5.41) is 10.8. The van der Waals surface area contributed by atoms with Crippen LogP contribution >= 0.6 is 0 Å². The Kier molecular flexibility index (Phi) is 8.74. The van der Waals surface area contributed by atoms with Crippen molar-refractivity contribution in [2.24, 2.45) is 5.92 Å². The fourth-order valence-corrected chi connectivity index (χ4v) is 3.27. The number of carbonyl (C=O) groups is 1. The number of esters is 1. The molecule has 0 bridgehead atoms. The number of aliphatic hydroxyl groups is 1. The molecule has 0 fully saturated rings. The van der Waals surface area contributed by atoms with Crippen LogP contribution in [0.25, 0.3) is 0 Å². The summed E-state index contributed by atoms with van der Waals surface area (Å²) in [6.07, 6.45) is -0.961. The second-order valence-electron chi connectivity index (χ2n) is 7.05. The first kappa shape index (κ1) is 21.7. The molecule has 0 heterocycles. The van der Waals surface area contributed by atoms with E-state index in [4.69, 9.17) is 4.74 Å². The van der Waals surface area contributed by atoms with Crippen LogP contribution in [-0.4, -0.2) is 34.7 Å². The highest BCUT2D eigenvalue weighted by molar-refractivity contribution is 5.88. The molecule has 4 heteroatoms. The Morgan fingerprint density at radius 3 is 1.93 bits per heavy atom. The summed E-state index contributed by atoms with van der Waals surface area (Å²) < 4.78 is 4.85. The Bertz CT molecular complexity index is 736. The van der Waals surface area contributed by atoms with Gasteiger partial charge in [-0.2, -0.15) is 0 Å². The molecule has 2 aromatic carbocycles. The highest BCUT2D eigenvalue weighted by Crippen LogP contribution is 2.21. The van der Waals surface area contributed by atoms with Crippen molar-refractivity contribution in [3.63, 3.8) is 0 Å². The largest absolute Gasteiger partial charge is 0.456 e. The van der Waals surface area contributed by atoms with Crippen LogP contribution in [0.3, 0.4) is 0 Å². The number of carbonyl (C=O) groups excluding carboxylic acids is 1. The van der Waals surface area contributed by atoms with E-state index in [2.05, 4.69) is 54.9 Å². The van der Waals surface area contributed by atoms with Crippen LogP contribution in [0.4, 0.5) is 0 Å². The van der Waals surface area contributed by atoms with Crippen molar-refractivity contribution < 1.29 is 14.6 Å². The predicted octanol–water partition coefficient (Wildman–Crippen LogP) is 3.64. The van der Waals surface area contributed by atoms with E-state index in [-0.39, 0.29) is 18.6 Å². The van der Waals surface area contributed by atoms with Gasteiger partial charge in [-0.05, 0) is 24.0 Å². The first-order chi connectivity index (χ1) is 13.5. The third-order valence-corrected chi connectivity index (χ3v) is 4.48. The Morgan fingerprint density at radius 2 is 1.50 bits per heavy atom. The highest BCUT2D eigenvalue weighted by atomic mass is 16.5. The van der Waals surface area contributed by atoms with Crippen LogP contribution < -0.4 is 0 Å². The lowest BCUT2D eigenvalue weighted by atomic mass is 9.95. The van der Waals surface area contributed by atoms with E-state index in [1.54, 1.807) is 6.92 Å². The number of nitrogens with zero attached hydrogens (tertiary/aromatic N) is 1. The standard InChI is InChI=1S/C24H29NO3/c1-4-28-23(27)16-15-22(26)24(19(2)3)25(17-20-11-7-5-8-12-20)18-21-13-9-6-10-14-21/h5-14,19,22,24,26H,4,17-18H2,1-3H3/t22-,24+/m1/s1. The van der Waals surface area contributed by atoms with Crippen molar-refractivity contribution in [2.75, 3.05) is 6.61 Å². The number of hydrogen-bond donors (Lipinski definition) is 1. The molecule has 0 spiro atoms. The van der Waals surface area contributed by atoms with Crippen molar-refractivity contribution in [1.82, 2.24) is 4.90 Å². The quantitative estimate of drug-likeness (QED) is 0.432. The van der Waals surface area contributed by atoms with Gasteiger partial charge >= 0.3 is 5.97 Å². The molecule has 0 aromatic heterocycles. The Hall–Kier alpha value is -2.61. The molecule has 4 nitrogen and oxygen atoms in total. The lowest BCUT2D eigenvalue weighted by Crippen LogP contribution is -2.46. The monoisotopic (exact) mass is 379 g/mol. The van der Waals surface area contributed by atoms with Crippen LogP contribution in [0.1, 0.15) is 31.9 Å². The molecule has 2 rings (SSSR count). The molecule has 0 saturated heterocycles. The normalized spacial score (nSPS) is 12.9. The molecular formula is C24H29NO3. The van der Waals surface area contributed by atoms with Gasteiger partial charge < -0.3 is 9.84 Å².